The maximum atomic E-state index is 12.1. The zero-order chi connectivity index (χ0) is 22.6. The molecule has 0 saturated heterocycles. The lowest BCUT2D eigenvalue weighted by atomic mass is 9.49. The van der Waals surface area contributed by atoms with Crippen molar-refractivity contribution in [2.75, 3.05) is 7.11 Å². The Bertz CT molecular complexity index is 752. The molecule has 9 atom stereocenters. The molecule has 1 N–H and O–H groups in total. The van der Waals surface area contributed by atoms with E-state index in [1.165, 1.54) is 51.7 Å². The lowest BCUT2D eigenvalue weighted by molar-refractivity contribution is -0.149. The highest BCUT2D eigenvalue weighted by Gasteiger charge is 2.55. The van der Waals surface area contributed by atoms with E-state index in [0.717, 1.165) is 42.9 Å². The first-order valence-corrected chi connectivity index (χ1v) is 12.6. The van der Waals surface area contributed by atoms with E-state index in [4.69, 9.17) is 4.74 Å². The Morgan fingerprint density at radius 2 is 1.84 bits per heavy atom. The molecule has 4 aliphatic carbocycles. The van der Waals surface area contributed by atoms with Crippen LogP contribution in [-0.4, -0.2) is 29.6 Å². The number of hydrogen-bond donors (Lipinski definition) is 1. The van der Waals surface area contributed by atoms with Gasteiger partial charge in [0.2, 0.25) is 0 Å². The van der Waals surface area contributed by atoms with Crippen molar-refractivity contribution in [3.8, 4) is 0 Å². The van der Waals surface area contributed by atoms with Gasteiger partial charge in [-0.3, -0.25) is 9.59 Å². The lowest BCUT2D eigenvalue weighted by Crippen LogP contribution is -2.49. The molecule has 0 radical (unpaired) electrons. The fourth-order valence-electron chi connectivity index (χ4n) is 8.33. The SMILES string of the molecule is COC(=O)C(C[C@@H](C)[C@H]1CC[C@@H]2[C@@H]1CC[C@H]1[C@H]2CC=C2C[C@@](C)(O)CC[C@@]21C)C(C)=O. The van der Waals surface area contributed by atoms with Crippen LogP contribution in [0.1, 0.15) is 85.5 Å². The number of methoxy groups -OCH3 is 1. The van der Waals surface area contributed by atoms with Gasteiger partial charge in [-0.25, -0.2) is 0 Å². The predicted octanol–water partition coefficient (Wildman–Crippen LogP) is 5.33. The zero-order valence-electron chi connectivity index (χ0n) is 20.2. The van der Waals surface area contributed by atoms with Crippen molar-refractivity contribution in [3.05, 3.63) is 11.6 Å². The summed E-state index contributed by atoms with van der Waals surface area (Å²) in [6.07, 6.45) is 12.3. The van der Waals surface area contributed by atoms with E-state index in [1.54, 1.807) is 0 Å². The lowest BCUT2D eigenvalue weighted by Gasteiger charge is -2.56. The highest BCUT2D eigenvalue weighted by atomic mass is 16.5. The molecule has 0 aromatic heterocycles. The fraction of sp³-hybridized carbons (Fsp3) is 0.852. The Labute approximate surface area is 188 Å². The summed E-state index contributed by atoms with van der Waals surface area (Å²) in [5.41, 5.74) is 1.26. The second kappa shape index (κ2) is 8.32. The van der Waals surface area contributed by atoms with Crippen molar-refractivity contribution in [2.45, 2.75) is 91.1 Å². The third kappa shape index (κ3) is 4.03. The largest absolute Gasteiger partial charge is 0.468 e. The van der Waals surface area contributed by atoms with E-state index in [2.05, 4.69) is 19.9 Å². The number of carbonyl (C=O) groups excluding carboxylic acids is 2. The maximum absolute atomic E-state index is 12.1. The zero-order valence-corrected chi connectivity index (χ0v) is 20.2. The monoisotopic (exact) mass is 430 g/mol. The van der Waals surface area contributed by atoms with E-state index in [1.807, 2.05) is 6.92 Å². The summed E-state index contributed by atoms with van der Waals surface area (Å²) in [7, 11) is 1.38. The van der Waals surface area contributed by atoms with E-state index in [0.29, 0.717) is 18.3 Å². The molecule has 4 nitrogen and oxygen atoms in total. The minimum absolute atomic E-state index is 0.0667. The van der Waals surface area contributed by atoms with Gasteiger partial charge in [0.05, 0.1) is 12.7 Å². The van der Waals surface area contributed by atoms with Crippen molar-refractivity contribution >= 4 is 11.8 Å². The number of Topliss-reactive ketones (excluding diaryl/α,β-unsaturated/α-hetero) is 1. The summed E-state index contributed by atoms with van der Waals surface area (Å²) in [5.74, 6) is 2.95. The van der Waals surface area contributed by atoms with Gasteiger partial charge in [-0.15, -0.1) is 0 Å². The van der Waals surface area contributed by atoms with Crippen LogP contribution in [0.4, 0.5) is 0 Å². The van der Waals surface area contributed by atoms with Gasteiger partial charge in [0.25, 0.3) is 0 Å². The molecule has 31 heavy (non-hydrogen) atoms. The summed E-state index contributed by atoms with van der Waals surface area (Å²) < 4.78 is 4.91. The quantitative estimate of drug-likeness (QED) is 0.364. The van der Waals surface area contributed by atoms with E-state index >= 15 is 0 Å². The standard InChI is InChI=1S/C27H42O4/c1-16(14-23(17(2)28)25(29)31-5)19-8-9-21-20(19)10-11-24-22(21)7-6-18-15-26(3,30)12-13-27(18,24)4/h6,16,19-24,30H,7-15H2,1-5H3/t16-,19-,20-,21-,22+,23?,24+,26+,27+/m1/s1. The number of allylic oxidation sites excluding steroid dienone is 1. The van der Waals surface area contributed by atoms with Crippen LogP contribution < -0.4 is 0 Å². The highest BCUT2D eigenvalue weighted by molar-refractivity contribution is 5.97. The molecule has 0 aromatic carbocycles. The Kier molecular flexibility index (Phi) is 6.17. The minimum atomic E-state index is -0.607. The molecule has 0 aliphatic heterocycles. The van der Waals surface area contributed by atoms with Crippen LogP contribution in [0.5, 0.6) is 0 Å². The van der Waals surface area contributed by atoms with Gasteiger partial charge in [0.1, 0.15) is 11.7 Å². The number of aliphatic hydroxyl groups is 1. The molecule has 4 aliphatic rings. The average molecular weight is 431 g/mol. The van der Waals surface area contributed by atoms with Gasteiger partial charge in [-0.1, -0.05) is 25.5 Å². The number of esters is 1. The maximum Gasteiger partial charge on any atom is 0.316 e. The fourth-order valence-corrected chi connectivity index (χ4v) is 8.33. The molecule has 174 valence electrons. The molecular weight excluding hydrogens is 388 g/mol. The topological polar surface area (TPSA) is 63.6 Å². The number of ether oxygens (including phenoxy) is 1. The molecular formula is C27H42O4. The molecule has 4 heteroatoms. The summed E-state index contributed by atoms with van der Waals surface area (Å²) in [5, 5.41) is 10.6. The van der Waals surface area contributed by atoms with Gasteiger partial charge in [0.15, 0.2) is 0 Å². The second-order valence-electron chi connectivity index (χ2n) is 11.9. The Morgan fingerprint density at radius 1 is 1.13 bits per heavy atom. The molecule has 3 saturated carbocycles. The Balaban J connectivity index is 1.48. The number of hydrogen-bond acceptors (Lipinski definition) is 4. The second-order valence-corrected chi connectivity index (χ2v) is 11.9. The number of ketones is 1. The Morgan fingerprint density at radius 3 is 2.52 bits per heavy atom. The summed E-state index contributed by atoms with van der Waals surface area (Å²) in [4.78, 5) is 24.2. The van der Waals surface area contributed by atoms with Crippen LogP contribution >= 0.6 is 0 Å². The minimum Gasteiger partial charge on any atom is -0.468 e. The number of carbonyl (C=O) groups is 2. The summed E-state index contributed by atoms with van der Waals surface area (Å²) in [6, 6.07) is 0. The van der Waals surface area contributed by atoms with Crippen LogP contribution in [0.3, 0.4) is 0 Å². The Hall–Kier alpha value is -1.16. The molecule has 4 rings (SSSR count). The molecule has 0 heterocycles. The van der Waals surface area contributed by atoms with Crippen LogP contribution in [0.15, 0.2) is 11.6 Å². The number of rotatable bonds is 5. The number of fused-ring (bicyclic) bond motifs is 5. The molecule has 0 amide bonds. The van der Waals surface area contributed by atoms with Crippen molar-refractivity contribution in [3.63, 3.8) is 0 Å². The molecule has 0 spiro atoms. The van der Waals surface area contributed by atoms with Crippen molar-refractivity contribution in [1.29, 1.82) is 0 Å². The van der Waals surface area contributed by atoms with Crippen molar-refractivity contribution in [2.24, 2.45) is 46.8 Å². The third-order valence-electron chi connectivity index (χ3n) is 10.1. The third-order valence-corrected chi connectivity index (χ3v) is 10.1. The molecule has 0 bridgehead atoms. The van der Waals surface area contributed by atoms with E-state index in [9.17, 15) is 14.7 Å². The summed E-state index contributed by atoms with van der Waals surface area (Å²) in [6.45, 7) is 8.25. The smallest absolute Gasteiger partial charge is 0.316 e. The summed E-state index contributed by atoms with van der Waals surface area (Å²) >= 11 is 0. The normalized spacial score (nSPS) is 43.7. The van der Waals surface area contributed by atoms with Gasteiger partial charge in [0, 0.05) is 0 Å². The van der Waals surface area contributed by atoms with Gasteiger partial charge >= 0.3 is 5.97 Å². The van der Waals surface area contributed by atoms with Gasteiger partial charge in [-0.05, 0) is 113 Å². The molecule has 0 aromatic rings. The average Bonchev–Trinajstić information content (AvgIpc) is 3.16. The van der Waals surface area contributed by atoms with Gasteiger partial charge < -0.3 is 9.84 Å². The first-order chi connectivity index (χ1) is 14.6. The van der Waals surface area contributed by atoms with Crippen LogP contribution in [0, 0.1) is 46.8 Å². The predicted molar refractivity (Wildman–Crippen MR) is 121 cm³/mol. The van der Waals surface area contributed by atoms with Crippen molar-refractivity contribution in [1.82, 2.24) is 0 Å². The first-order valence-electron chi connectivity index (χ1n) is 12.6. The molecule has 1 unspecified atom stereocenters. The first kappa shape index (κ1) is 23.0. The van der Waals surface area contributed by atoms with Crippen LogP contribution in [-0.2, 0) is 14.3 Å². The van der Waals surface area contributed by atoms with Crippen molar-refractivity contribution < 1.29 is 19.4 Å². The highest BCUT2D eigenvalue weighted by Crippen LogP contribution is 2.63. The van der Waals surface area contributed by atoms with E-state index in [-0.39, 0.29) is 17.2 Å². The van der Waals surface area contributed by atoms with Gasteiger partial charge in [-0.2, -0.15) is 0 Å². The van der Waals surface area contributed by atoms with Crippen LogP contribution in [0.2, 0.25) is 0 Å². The van der Waals surface area contributed by atoms with Crippen LogP contribution in [0.25, 0.3) is 0 Å². The molecule has 3 fully saturated rings. The van der Waals surface area contributed by atoms with E-state index < -0.39 is 11.5 Å².